The van der Waals surface area contributed by atoms with E-state index < -0.39 is 0 Å². The molecule has 63 valence electrons. The van der Waals surface area contributed by atoms with Crippen molar-refractivity contribution >= 4 is 0 Å². The van der Waals surface area contributed by atoms with Crippen molar-refractivity contribution in [2.75, 3.05) is 0 Å². The predicted molar refractivity (Wildman–Crippen MR) is 55.5 cm³/mol. The molecular weight excluding hydrogens is 156 g/mol. The minimum absolute atomic E-state index is 1.18. The van der Waals surface area contributed by atoms with Crippen molar-refractivity contribution < 1.29 is 0 Å². The predicted octanol–water partition coefficient (Wildman–Crippen LogP) is 3.46. The maximum atomic E-state index is 3.20. The molecule has 1 radical (unpaired) electrons. The van der Waals surface area contributed by atoms with Crippen molar-refractivity contribution in [1.29, 1.82) is 0 Å². The van der Waals surface area contributed by atoms with Crippen molar-refractivity contribution in [3.63, 3.8) is 0 Å². The van der Waals surface area contributed by atoms with E-state index in [0.29, 0.717) is 0 Å². The Bertz CT molecular complexity index is 371. The lowest BCUT2D eigenvalue weighted by atomic mass is 10.0. The van der Waals surface area contributed by atoms with Crippen LogP contribution in [0.3, 0.4) is 0 Å². The quantitative estimate of drug-likeness (QED) is 0.610. The first-order valence-corrected chi connectivity index (χ1v) is 4.40. The van der Waals surface area contributed by atoms with Gasteiger partial charge in [0.25, 0.3) is 0 Å². The van der Waals surface area contributed by atoms with E-state index in [9.17, 15) is 0 Å². The molecule has 13 heavy (non-hydrogen) atoms. The van der Waals surface area contributed by atoms with Gasteiger partial charge < -0.3 is 0 Å². The van der Waals surface area contributed by atoms with E-state index >= 15 is 0 Å². The van der Waals surface area contributed by atoms with Gasteiger partial charge in [-0.25, -0.2) is 0 Å². The third-order valence-electron chi connectivity index (χ3n) is 2.08. The molecule has 2 aromatic carbocycles. The van der Waals surface area contributed by atoms with Gasteiger partial charge in [-0.05, 0) is 35.7 Å². The van der Waals surface area contributed by atoms with Crippen molar-refractivity contribution in [3.8, 4) is 11.1 Å². The number of hydrogen-bond donors (Lipinski definition) is 0. The molecule has 0 heteroatoms. The molecular formula is C13H11. The van der Waals surface area contributed by atoms with Crippen LogP contribution < -0.4 is 0 Å². The molecule has 0 heterocycles. The molecule has 0 saturated carbocycles. The molecule has 0 N–H and O–H groups in total. The molecule has 0 atom stereocenters. The van der Waals surface area contributed by atoms with Crippen LogP contribution >= 0.6 is 0 Å². The molecule has 0 aliphatic carbocycles. The zero-order valence-corrected chi connectivity index (χ0v) is 7.62. The normalized spacial score (nSPS) is 9.92. The third kappa shape index (κ3) is 1.78. The van der Waals surface area contributed by atoms with E-state index in [4.69, 9.17) is 0 Å². The van der Waals surface area contributed by atoms with Crippen LogP contribution in [0.2, 0.25) is 0 Å². The van der Waals surface area contributed by atoms with Crippen molar-refractivity contribution in [1.82, 2.24) is 0 Å². The van der Waals surface area contributed by atoms with Crippen LogP contribution in [0, 0.1) is 13.0 Å². The summed E-state index contributed by atoms with van der Waals surface area (Å²) in [7, 11) is 0. The van der Waals surface area contributed by atoms with Gasteiger partial charge in [-0.2, -0.15) is 0 Å². The molecule has 0 aromatic heterocycles. The van der Waals surface area contributed by atoms with Crippen LogP contribution in [0.25, 0.3) is 11.1 Å². The Hall–Kier alpha value is -1.56. The van der Waals surface area contributed by atoms with Crippen LogP contribution in [0.5, 0.6) is 0 Å². The second-order valence-corrected chi connectivity index (χ2v) is 3.13. The Morgan fingerprint density at radius 2 is 1.62 bits per heavy atom. The number of hydrogen-bond acceptors (Lipinski definition) is 0. The van der Waals surface area contributed by atoms with E-state index in [1.165, 1.54) is 16.7 Å². The number of rotatable bonds is 1. The number of benzene rings is 2. The maximum absolute atomic E-state index is 3.20. The summed E-state index contributed by atoms with van der Waals surface area (Å²) in [5.74, 6) is 0. The molecule has 0 spiro atoms. The summed E-state index contributed by atoms with van der Waals surface area (Å²) in [5.41, 5.74) is 3.66. The van der Waals surface area contributed by atoms with Crippen LogP contribution in [-0.4, -0.2) is 0 Å². The standard InChI is InChI=1S/C13H11/c1-11-7-9-13(10-8-11)12-5-3-2-4-6-12/h2-7,9-10H,1H3. The summed E-state index contributed by atoms with van der Waals surface area (Å²) < 4.78 is 0. The highest BCUT2D eigenvalue weighted by atomic mass is 14.0. The summed E-state index contributed by atoms with van der Waals surface area (Å²) in [5, 5.41) is 0. The zero-order chi connectivity index (χ0) is 9.10. The smallest absolute Gasteiger partial charge is 0.0146 e. The first-order valence-electron chi connectivity index (χ1n) is 4.40. The monoisotopic (exact) mass is 167 g/mol. The minimum atomic E-state index is 1.18. The molecule has 0 unspecified atom stereocenters. The highest BCUT2D eigenvalue weighted by Crippen LogP contribution is 2.18. The summed E-state index contributed by atoms with van der Waals surface area (Å²) >= 11 is 0. The van der Waals surface area contributed by atoms with Crippen molar-refractivity contribution in [2.45, 2.75) is 6.92 Å². The second-order valence-electron chi connectivity index (χ2n) is 3.13. The van der Waals surface area contributed by atoms with Crippen molar-refractivity contribution in [2.24, 2.45) is 0 Å². The molecule has 0 aliphatic rings. The van der Waals surface area contributed by atoms with E-state index in [-0.39, 0.29) is 0 Å². The molecule has 0 nitrogen and oxygen atoms in total. The summed E-state index contributed by atoms with van der Waals surface area (Å²) in [4.78, 5) is 0. The van der Waals surface area contributed by atoms with Gasteiger partial charge >= 0.3 is 0 Å². The molecule has 0 saturated heterocycles. The summed E-state index contributed by atoms with van der Waals surface area (Å²) in [6, 6.07) is 19.8. The largest absolute Gasteiger partial charge is 0.0622 e. The highest BCUT2D eigenvalue weighted by molar-refractivity contribution is 5.63. The molecule has 0 aliphatic heterocycles. The van der Waals surface area contributed by atoms with Gasteiger partial charge in [0, 0.05) is 0 Å². The van der Waals surface area contributed by atoms with E-state index in [1.54, 1.807) is 0 Å². The van der Waals surface area contributed by atoms with Crippen LogP contribution in [-0.2, 0) is 0 Å². The molecule has 2 rings (SSSR count). The van der Waals surface area contributed by atoms with Crippen molar-refractivity contribution in [3.05, 3.63) is 60.2 Å². The molecule has 0 bridgehead atoms. The fourth-order valence-corrected chi connectivity index (χ4v) is 1.31. The zero-order valence-electron chi connectivity index (χ0n) is 7.62. The lowest BCUT2D eigenvalue weighted by Crippen LogP contribution is -1.77. The van der Waals surface area contributed by atoms with Gasteiger partial charge in [-0.1, -0.05) is 42.5 Å². The van der Waals surface area contributed by atoms with Crippen LogP contribution in [0.15, 0.2) is 48.5 Å². The maximum Gasteiger partial charge on any atom is -0.0146 e. The summed E-state index contributed by atoms with van der Waals surface area (Å²) in [6.07, 6.45) is 0. The topological polar surface area (TPSA) is 0 Å². The van der Waals surface area contributed by atoms with Gasteiger partial charge in [-0.15, -0.1) is 0 Å². The average molecular weight is 167 g/mol. The highest BCUT2D eigenvalue weighted by Gasteiger charge is 1.94. The fraction of sp³-hybridized carbons (Fsp3) is 0.0769. The van der Waals surface area contributed by atoms with Gasteiger partial charge in [0.1, 0.15) is 0 Å². The van der Waals surface area contributed by atoms with E-state index in [2.05, 4.69) is 49.4 Å². The SMILES string of the molecule is Cc1[c]cc(-c2ccccc2)cc1. The Kier molecular flexibility index (Phi) is 2.13. The van der Waals surface area contributed by atoms with Crippen LogP contribution in [0.1, 0.15) is 5.56 Å². The van der Waals surface area contributed by atoms with Gasteiger partial charge in [-0.3, -0.25) is 0 Å². The Balaban J connectivity index is 2.42. The minimum Gasteiger partial charge on any atom is -0.0622 e. The molecule has 0 amide bonds. The average Bonchev–Trinajstić information content (AvgIpc) is 2.20. The van der Waals surface area contributed by atoms with Gasteiger partial charge in [0.05, 0.1) is 0 Å². The molecule has 2 aromatic rings. The fourth-order valence-electron chi connectivity index (χ4n) is 1.31. The lowest BCUT2D eigenvalue weighted by molar-refractivity contribution is 1.46. The number of aryl methyl sites for hydroxylation is 1. The van der Waals surface area contributed by atoms with Gasteiger partial charge in [0.15, 0.2) is 0 Å². The summed E-state index contributed by atoms with van der Waals surface area (Å²) in [6.45, 7) is 2.05. The Labute approximate surface area is 78.9 Å². The van der Waals surface area contributed by atoms with Crippen LogP contribution in [0.4, 0.5) is 0 Å². The van der Waals surface area contributed by atoms with Gasteiger partial charge in [0.2, 0.25) is 0 Å². The first-order chi connectivity index (χ1) is 6.36. The molecule has 0 fully saturated rings. The first kappa shape index (κ1) is 8.06. The lowest BCUT2D eigenvalue weighted by Gasteiger charge is -2.00. The van der Waals surface area contributed by atoms with E-state index in [0.717, 1.165) is 0 Å². The van der Waals surface area contributed by atoms with E-state index in [1.807, 2.05) is 12.1 Å². The second kappa shape index (κ2) is 3.44. The Morgan fingerprint density at radius 3 is 2.23 bits per heavy atom. The third-order valence-corrected chi connectivity index (χ3v) is 2.08. The Morgan fingerprint density at radius 1 is 0.846 bits per heavy atom.